The molecule has 4 heteroatoms. The highest BCUT2D eigenvalue weighted by Crippen LogP contribution is 2.36. The molecule has 5 fully saturated rings. The summed E-state index contributed by atoms with van der Waals surface area (Å²) in [7, 11) is 0. The molecule has 0 aliphatic carbocycles. The standard InChI is InChI=1S/C28H50N2O2/c1-3-7-15-25-17-21-30-20-10-14-24(28(30)31-25)12-6-2-4-8-16-26-18-22-29-19-9-13-23(11-5-1)27(29)32-26/h23-28H,1-22H2/t23-,24-,25-,26+,27-,28-/m0/s1. The molecular formula is C28H50N2O2. The summed E-state index contributed by atoms with van der Waals surface area (Å²) in [5.41, 5.74) is 0. The van der Waals surface area contributed by atoms with Crippen LogP contribution in [0, 0.1) is 11.8 Å². The van der Waals surface area contributed by atoms with Gasteiger partial charge in [-0.05, 0) is 76.0 Å². The molecular weight excluding hydrogens is 396 g/mol. The summed E-state index contributed by atoms with van der Waals surface area (Å²) in [6.45, 7) is 5.11. The van der Waals surface area contributed by atoms with Crippen molar-refractivity contribution < 1.29 is 9.47 Å². The van der Waals surface area contributed by atoms with Gasteiger partial charge >= 0.3 is 0 Å². The van der Waals surface area contributed by atoms with Gasteiger partial charge in [-0.15, -0.1) is 0 Å². The maximum atomic E-state index is 6.74. The number of hydrogen-bond donors (Lipinski definition) is 0. The summed E-state index contributed by atoms with van der Waals surface area (Å²) in [5.74, 6) is 1.57. The van der Waals surface area contributed by atoms with Gasteiger partial charge in [-0.2, -0.15) is 0 Å². The zero-order valence-electron chi connectivity index (χ0n) is 20.7. The molecule has 184 valence electrons. The van der Waals surface area contributed by atoms with Crippen LogP contribution >= 0.6 is 0 Å². The van der Waals surface area contributed by atoms with Crippen molar-refractivity contribution in [3.8, 4) is 0 Å². The maximum absolute atomic E-state index is 6.74. The molecule has 5 saturated heterocycles. The monoisotopic (exact) mass is 446 g/mol. The Morgan fingerprint density at radius 1 is 0.375 bits per heavy atom. The lowest BCUT2D eigenvalue weighted by Crippen LogP contribution is -2.53. The molecule has 0 saturated carbocycles. The smallest absolute Gasteiger partial charge is 0.113 e. The summed E-state index contributed by atoms with van der Waals surface area (Å²) in [6, 6.07) is 0. The van der Waals surface area contributed by atoms with E-state index < -0.39 is 0 Å². The van der Waals surface area contributed by atoms with Crippen molar-refractivity contribution in [2.24, 2.45) is 11.8 Å². The first-order chi connectivity index (χ1) is 15.9. The molecule has 5 aliphatic rings. The number of nitrogens with zero attached hydrogens (tertiary/aromatic N) is 2. The van der Waals surface area contributed by atoms with Crippen LogP contribution in [0.25, 0.3) is 0 Å². The number of fused-ring (bicyclic) bond motifs is 2. The van der Waals surface area contributed by atoms with Crippen molar-refractivity contribution in [1.82, 2.24) is 9.80 Å². The zero-order chi connectivity index (χ0) is 21.6. The normalized spacial score (nSPS) is 41.6. The van der Waals surface area contributed by atoms with E-state index in [0.717, 1.165) is 11.8 Å². The van der Waals surface area contributed by atoms with Crippen LogP contribution in [0.4, 0.5) is 0 Å². The first kappa shape index (κ1) is 23.6. The fourth-order valence-electron chi connectivity index (χ4n) is 7.53. The zero-order valence-corrected chi connectivity index (χ0v) is 20.7. The van der Waals surface area contributed by atoms with Crippen molar-refractivity contribution in [3.05, 3.63) is 0 Å². The van der Waals surface area contributed by atoms with Gasteiger partial charge in [0.1, 0.15) is 12.5 Å². The van der Waals surface area contributed by atoms with E-state index >= 15 is 0 Å². The van der Waals surface area contributed by atoms with Crippen molar-refractivity contribution in [2.45, 2.75) is 140 Å². The number of hydrogen-bond acceptors (Lipinski definition) is 4. The van der Waals surface area contributed by atoms with E-state index in [4.69, 9.17) is 9.47 Å². The highest BCUT2D eigenvalue weighted by atomic mass is 16.5. The van der Waals surface area contributed by atoms with Crippen LogP contribution in [0.15, 0.2) is 0 Å². The SMILES string of the molecule is C1CCC[C@H]2CCCN3CC[C@H](CCCCCC[C@H]4CCCN5CC[C@@H](CC1)O[C@@H]45)O[C@@H]23. The minimum absolute atomic E-state index is 0.440. The Labute approximate surface area is 197 Å². The fraction of sp³-hybridized carbons (Fsp3) is 1.00. The Morgan fingerprint density at radius 3 is 1.25 bits per heavy atom. The fourth-order valence-corrected chi connectivity index (χ4v) is 7.53. The quantitative estimate of drug-likeness (QED) is 0.434. The second-order valence-corrected chi connectivity index (χ2v) is 11.7. The van der Waals surface area contributed by atoms with Gasteiger partial charge in [-0.1, -0.05) is 51.4 Å². The van der Waals surface area contributed by atoms with Crippen molar-refractivity contribution in [3.63, 3.8) is 0 Å². The van der Waals surface area contributed by atoms with E-state index in [1.54, 1.807) is 0 Å². The van der Waals surface area contributed by atoms with Crippen molar-refractivity contribution >= 4 is 0 Å². The van der Waals surface area contributed by atoms with E-state index in [2.05, 4.69) is 9.80 Å². The minimum Gasteiger partial charge on any atom is -0.360 e. The van der Waals surface area contributed by atoms with Crippen LogP contribution in [0.3, 0.4) is 0 Å². The number of rotatable bonds is 0. The third kappa shape index (κ3) is 6.09. The molecule has 0 amide bonds. The molecule has 0 aromatic rings. The molecule has 0 aromatic heterocycles. The topological polar surface area (TPSA) is 24.9 Å². The lowest BCUT2D eigenvalue weighted by Gasteiger charge is -2.47. The first-order valence-corrected chi connectivity index (χ1v) is 14.7. The number of piperidine rings is 2. The predicted molar refractivity (Wildman–Crippen MR) is 131 cm³/mol. The van der Waals surface area contributed by atoms with Gasteiger partial charge in [0, 0.05) is 26.2 Å². The average molecular weight is 447 g/mol. The Bertz CT molecular complexity index is 510. The molecule has 0 spiro atoms. The van der Waals surface area contributed by atoms with E-state index in [0.29, 0.717) is 24.7 Å². The van der Waals surface area contributed by atoms with Gasteiger partial charge in [-0.25, -0.2) is 0 Å². The molecule has 0 unspecified atom stereocenters. The Hall–Kier alpha value is -0.160. The van der Waals surface area contributed by atoms with Gasteiger partial charge < -0.3 is 9.47 Å². The lowest BCUT2D eigenvalue weighted by molar-refractivity contribution is -0.183. The van der Waals surface area contributed by atoms with Crippen LogP contribution in [0.5, 0.6) is 0 Å². The molecule has 4 bridgehead atoms. The van der Waals surface area contributed by atoms with Gasteiger partial charge in [0.2, 0.25) is 0 Å². The van der Waals surface area contributed by atoms with Gasteiger partial charge in [-0.3, -0.25) is 9.80 Å². The molecule has 6 atom stereocenters. The molecule has 0 N–H and O–H groups in total. The summed E-state index contributed by atoms with van der Waals surface area (Å²) in [6.07, 6.45) is 26.5. The lowest BCUT2D eigenvalue weighted by atomic mass is 9.87. The van der Waals surface area contributed by atoms with Crippen LogP contribution < -0.4 is 0 Å². The van der Waals surface area contributed by atoms with Crippen molar-refractivity contribution in [2.75, 3.05) is 26.2 Å². The van der Waals surface area contributed by atoms with Gasteiger partial charge in [0.15, 0.2) is 0 Å². The Morgan fingerprint density at radius 2 is 0.781 bits per heavy atom. The Kier molecular flexibility index (Phi) is 8.84. The molecule has 0 aromatic carbocycles. The third-order valence-corrected chi connectivity index (χ3v) is 9.41. The third-order valence-electron chi connectivity index (χ3n) is 9.41. The predicted octanol–water partition coefficient (Wildman–Crippen LogP) is 6.34. The van der Waals surface area contributed by atoms with Crippen molar-refractivity contribution in [1.29, 1.82) is 0 Å². The van der Waals surface area contributed by atoms with Crippen LogP contribution in [0.2, 0.25) is 0 Å². The average Bonchev–Trinajstić information content (AvgIpc) is 2.83. The molecule has 32 heavy (non-hydrogen) atoms. The van der Waals surface area contributed by atoms with E-state index in [1.807, 2.05) is 0 Å². The second kappa shape index (κ2) is 12.0. The minimum atomic E-state index is 0.440. The Balaban J connectivity index is 1.16. The van der Waals surface area contributed by atoms with Crippen LogP contribution in [-0.4, -0.2) is 60.6 Å². The maximum Gasteiger partial charge on any atom is 0.113 e. The summed E-state index contributed by atoms with van der Waals surface area (Å²) < 4.78 is 13.5. The largest absolute Gasteiger partial charge is 0.360 e. The van der Waals surface area contributed by atoms with Crippen LogP contribution in [0.1, 0.15) is 116 Å². The van der Waals surface area contributed by atoms with E-state index in [1.165, 1.54) is 142 Å². The first-order valence-electron chi connectivity index (χ1n) is 14.7. The summed E-state index contributed by atoms with van der Waals surface area (Å²) in [4.78, 5) is 5.36. The molecule has 5 rings (SSSR count). The molecule has 5 heterocycles. The molecule has 5 aliphatic heterocycles. The van der Waals surface area contributed by atoms with Gasteiger partial charge in [0.05, 0.1) is 12.2 Å². The highest BCUT2D eigenvalue weighted by molar-refractivity contribution is 4.85. The summed E-state index contributed by atoms with van der Waals surface area (Å²) >= 11 is 0. The van der Waals surface area contributed by atoms with Crippen LogP contribution in [-0.2, 0) is 9.47 Å². The summed E-state index contributed by atoms with van der Waals surface area (Å²) in [5, 5.41) is 0. The highest BCUT2D eigenvalue weighted by Gasteiger charge is 2.38. The molecule has 4 nitrogen and oxygen atoms in total. The van der Waals surface area contributed by atoms with E-state index in [-0.39, 0.29) is 0 Å². The van der Waals surface area contributed by atoms with Gasteiger partial charge in [0.25, 0.3) is 0 Å². The second-order valence-electron chi connectivity index (χ2n) is 11.7. The van der Waals surface area contributed by atoms with E-state index in [9.17, 15) is 0 Å². The molecule has 0 radical (unpaired) electrons. The number of ether oxygens (including phenoxy) is 2.